The SMILES string of the molecule is COc1cc(/C=N\NC(=O)c2c(Br)cnn2C)cc(OC)c1O. The van der Waals surface area contributed by atoms with Gasteiger partial charge >= 0.3 is 0 Å². The van der Waals surface area contributed by atoms with Crippen LogP contribution in [-0.4, -0.2) is 41.2 Å². The lowest BCUT2D eigenvalue weighted by Gasteiger charge is -2.09. The van der Waals surface area contributed by atoms with Gasteiger partial charge in [0, 0.05) is 12.6 Å². The number of hydrogen-bond donors (Lipinski definition) is 2. The van der Waals surface area contributed by atoms with Crippen LogP contribution in [0.4, 0.5) is 0 Å². The first-order chi connectivity index (χ1) is 11.0. The van der Waals surface area contributed by atoms with Crippen molar-refractivity contribution in [3.05, 3.63) is 34.1 Å². The van der Waals surface area contributed by atoms with Gasteiger partial charge in [0.2, 0.25) is 5.75 Å². The molecule has 2 aromatic rings. The van der Waals surface area contributed by atoms with Crippen molar-refractivity contribution in [2.45, 2.75) is 0 Å². The smallest absolute Gasteiger partial charge is 0.290 e. The molecule has 0 aliphatic heterocycles. The largest absolute Gasteiger partial charge is 0.502 e. The maximum absolute atomic E-state index is 12.0. The number of ether oxygens (including phenoxy) is 2. The van der Waals surface area contributed by atoms with Crippen molar-refractivity contribution < 1.29 is 19.4 Å². The topological polar surface area (TPSA) is 98.0 Å². The number of amides is 1. The molecule has 0 saturated carbocycles. The van der Waals surface area contributed by atoms with Crippen LogP contribution >= 0.6 is 15.9 Å². The highest BCUT2D eigenvalue weighted by atomic mass is 79.9. The molecule has 2 N–H and O–H groups in total. The third-order valence-electron chi connectivity index (χ3n) is 2.99. The summed E-state index contributed by atoms with van der Waals surface area (Å²) in [7, 11) is 4.51. The van der Waals surface area contributed by atoms with Crippen LogP contribution in [-0.2, 0) is 7.05 Å². The number of rotatable bonds is 5. The second-order valence-electron chi connectivity index (χ2n) is 4.44. The van der Waals surface area contributed by atoms with Gasteiger partial charge in [-0.05, 0) is 28.1 Å². The Labute approximate surface area is 140 Å². The van der Waals surface area contributed by atoms with Crippen LogP contribution < -0.4 is 14.9 Å². The van der Waals surface area contributed by atoms with Gasteiger partial charge in [0.25, 0.3) is 5.91 Å². The van der Waals surface area contributed by atoms with Crippen LogP contribution in [0.5, 0.6) is 17.2 Å². The van der Waals surface area contributed by atoms with E-state index in [2.05, 4.69) is 31.6 Å². The Kier molecular flexibility index (Phi) is 5.22. The zero-order chi connectivity index (χ0) is 17.0. The van der Waals surface area contributed by atoms with Crippen LogP contribution in [0, 0.1) is 0 Å². The summed E-state index contributed by atoms with van der Waals surface area (Å²) in [5.41, 5.74) is 3.33. The van der Waals surface area contributed by atoms with E-state index in [1.54, 1.807) is 19.2 Å². The number of hydrogen-bond acceptors (Lipinski definition) is 6. The molecule has 1 heterocycles. The average Bonchev–Trinajstić information content (AvgIpc) is 2.87. The molecule has 0 radical (unpaired) electrons. The maximum Gasteiger partial charge on any atom is 0.290 e. The lowest BCUT2D eigenvalue weighted by atomic mass is 10.2. The van der Waals surface area contributed by atoms with E-state index in [1.165, 1.54) is 31.3 Å². The molecule has 1 aromatic carbocycles. The third-order valence-corrected chi connectivity index (χ3v) is 3.57. The quantitative estimate of drug-likeness (QED) is 0.605. The van der Waals surface area contributed by atoms with E-state index in [0.29, 0.717) is 15.7 Å². The molecule has 9 heteroatoms. The number of aromatic nitrogens is 2. The molecule has 0 fully saturated rings. The molecule has 8 nitrogen and oxygen atoms in total. The summed E-state index contributed by atoms with van der Waals surface area (Å²) in [6.07, 6.45) is 2.93. The standard InChI is InChI=1S/C14H15BrN4O4/c1-19-12(9(15)7-17-19)14(21)18-16-6-8-4-10(22-2)13(20)11(5-8)23-3/h4-7,20H,1-3H3,(H,18,21)/b16-6-. The van der Waals surface area contributed by atoms with Crippen molar-refractivity contribution in [3.63, 3.8) is 0 Å². The third kappa shape index (κ3) is 3.62. The van der Waals surface area contributed by atoms with E-state index in [4.69, 9.17) is 9.47 Å². The Morgan fingerprint density at radius 2 is 2.00 bits per heavy atom. The minimum absolute atomic E-state index is 0.102. The lowest BCUT2D eigenvalue weighted by molar-refractivity contribution is 0.0945. The van der Waals surface area contributed by atoms with E-state index < -0.39 is 5.91 Å². The van der Waals surface area contributed by atoms with Crippen molar-refractivity contribution in [3.8, 4) is 17.2 Å². The fourth-order valence-corrected chi connectivity index (χ4v) is 2.40. The summed E-state index contributed by atoms with van der Waals surface area (Å²) in [6.45, 7) is 0. The maximum atomic E-state index is 12.0. The second-order valence-corrected chi connectivity index (χ2v) is 5.29. The molecule has 2 rings (SSSR count). The number of hydrazone groups is 1. The van der Waals surface area contributed by atoms with Gasteiger partial charge < -0.3 is 14.6 Å². The van der Waals surface area contributed by atoms with Crippen LogP contribution in [0.15, 0.2) is 27.9 Å². The molecule has 0 bridgehead atoms. The van der Waals surface area contributed by atoms with Crippen molar-refractivity contribution in [1.29, 1.82) is 0 Å². The molecule has 1 amide bonds. The minimum atomic E-state index is -0.411. The van der Waals surface area contributed by atoms with E-state index in [1.807, 2.05) is 0 Å². The van der Waals surface area contributed by atoms with Crippen molar-refractivity contribution >= 4 is 28.1 Å². The van der Waals surface area contributed by atoms with E-state index in [0.717, 1.165) is 0 Å². The predicted molar refractivity (Wildman–Crippen MR) is 87.2 cm³/mol. The molecule has 0 unspecified atom stereocenters. The molecule has 0 aliphatic carbocycles. The number of phenols is 1. The predicted octanol–water partition coefficient (Wildman–Crippen LogP) is 1.67. The number of benzene rings is 1. The number of methoxy groups -OCH3 is 2. The van der Waals surface area contributed by atoms with Crippen LogP contribution in [0.3, 0.4) is 0 Å². The number of nitrogens with one attached hydrogen (secondary N) is 1. The van der Waals surface area contributed by atoms with E-state index in [-0.39, 0.29) is 17.2 Å². The Bertz CT molecular complexity index is 713. The number of phenolic OH excluding ortho intramolecular Hbond substituents is 1. The average molecular weight is 383 g/mol. The normalized spacial score (nSPS) is 10.8. The first-order valence-corrected chi connectivity index (χ1v) is 7.23. The molecule has 1 aromatic heterocycles. The Morgan fingerprint density at radius 1 is 1.39 bits per heavy atom. The van der Waals surface area contributed by atoms with Crippen LogP contribution in [0.2, 0.25) is 0 Å². The van der Waals surface area contributed by atoms with Gasteiger partial charge in [-0.1, -0.05) is 0 Å². The van der Waals surface area contributed by atoms with Crippen molar-refractivity contribution in [2.24, 2.45) is 12.1 Å². The number of aryl methyl sites for hydroxylation is 1. The molecular weight excluding hydrogens is 368 g/mol. The van der Waals surface area contributed by atoms with E-state index >= 15 is 0 Å². The van der Waals surface area contributed by atoms with Gasteiger partial charge in [0.05, 0.1) is 31.1 Å². The fourth-order valence-electron chi connectivity index (χ4n) is 1.87. The molecule has 122 valence electrons. The molecular formula is C14H15BrN4O4. The minimum Gasteiger partial charge on any atom is -0.502 e. The van der Waals surface area contributed by atoms with Gasteiger partial charge in [0.15, 0.2) is 11.5 Å². The highest BCUT2D eigenvalue weighted by molar-refractivity contribution is 9.10. The zero-order valence-corrected chi connectivity index (χ0v) is 14.3. The summed E-state index contributed by atoms with van der Waals surface area (Å²) in [5, 5.41) is 17.7. The van der Waals surface area contributed by atoms with Gasteiger partial charge in [-0.3, -0.25) is 9.48 Å². The Balaban J connectivity index is 2.16. The highest BCUT2D eigenvalue weighted by Gasteiger charge is 2.14. The summed E-state index contributed by atoms with van der Waals surface area (Å²) >= 11 is 3.24. The second kappa shape index (κ2) is 7.14. The van der Waals surface area contributed by atoms with Gasteiger partial charge in [0.1, 0.15) is 5.69 Å². The highest BCUT2D eigenvalue weighted by Crippen LogP contribution is 2.36. The monoisotopic (exact) mass is 382 g/mol. The summed E-state index contributed by atoms with van der Waals surface area (Å²) < 4.78 is 12.1. The van der Waals surface area contributed by atoms with Gasteiger partial charge in [-0.2, -0.15) is 10.2 Å². The number of carbonyl (C=O) groups excluding carboxylic acids is 1. The van der Waals surface area contributed by atoms with Crippen molar-refractivity contribution in [2.75, 3.05) is 14.2 Å². The summed E-state index contributed by atoms with van der Waals surface area (Å²) in [6, 6.07) is 3.13. The zero-order valence-electron chi connectivity index (χ0n) is 12.7. The molecule has 0 atom stereocenters. The lowest BCUT2D eigenvalue weighted by Crippen LogP contribution is -2.21. The fraction of sp³-hybridized carbons (Fsp3) is 0.214. The van der Waals surface area contributed by atoms with E-state index in [9.17, 15) is 9.90 Å². The molecule has 0 aliphatic rings. The van der Waals surface area contributed by atoms with Gasteiger partial charge in [-0.15, -0.1) is 0 Å². The van der Waals surface area contributed by atoms with Crippen LogP contribution in [0.25, 0.3) is 0 Å². The first-order valence-electron chi connectivity index (χ1n) is 6.43. The first kappa shape index (κ1) is 16.8. The molecule has 23 heavy (non-hydrogen) atoms. The summed E-state index contributed by atoms with van der Waals surface area (Å²) in [4.78, 5) is 12.0. The number of halogens is 1. The summed E-state index contributed by atoms with van der Waals surface area (Å²) in [5.74, 6) is -0.0288. The molecule has 0 spiro atoms. The number of aromatic hydroxyl groups is 1. The van der Waals surface area contributed by atoms with Crippen molar-refractivity contribution in [1.82, 2.24) is 15.2 Å². The number of carbonyl (C=O) groups is 1. The molecule has 0 saturated heterocycles. The Morgan fingerprint density at radius 3 is 2.48 bits per heavy atom. The van der Waals surface area contributed by atoms with Crippen LogP contribution in [0.1, 0.15) is 16.1 Å². The van der Waals surface area contributed by atoms with Gasteiger partial charge in [-0.25, -0.2) is 5.43 Å². The Hall–Kier alpha value is -2.55. The number of nitrogens with zero attached hydrogens (tertiary/aromatic N) is 3.